The third kappa shape index (κ3) is 4.84. The number of fused-ring (bicyclic) bond motifs is 1. The van der Waals surface area contributed by atoms with Crippen LogP contribution in [0.5, 0.6) is 11.5 Å². The number of hydrogen-bond acceptors (Lipinski definition) is 5. The summed E-state index contributed by atoms with van der Waals surface area (Å²) in [6, 6.07) is 13.9. The number of nitrogens with one attached hydrogen (secondary N) is 1. The molecule has 1 heterocycles. The summed E-state index contributed by atoms with van der Waals surface area (Å²) in [6.45, 7) is 0.419. The van der Waals surface area contributed by atoms with Crippen LogP contribution >= 0.6 is 11.6 Å². The molecule has 0 aliphatic carbocycles. The van der Waals surface area contributed by atoms with Crippen molar-refractivity contribution in [2.24, 2.45) is 0 Å². The first kappa shape index (κ1) is 19.3. The van der Waals surface area contributed by atoms with Gasteiger partial charge in [0.2, 0.25) is 10.0 Å². The molecule has 3 rings (SSSR count). The first-order valence-electron chi connectivity index (χ1n) is 8.24. The molecule has 144 valence electrons. The third-order valence-corrected chi connectivity index (χ3v) is 5.28. The minimum Gasteiger partial charge on any atom is -0.492 e. The quantitative estimate of drug-likeness (QED) is 0.737. The Morgan fingerprint density at radius 3 is 2.74 bits per heavy atom. The number of carbonyl (C=O) groups excluding carboxylic acids is 1. The minimum atomic E-state index is -3.59. The number of halogens is 1. The molecule has 0 aromatic heterocycles. The van der Waals surface area contributed by atoms with Crippen molar-refractivity contribution in [1.29, 1.82) is 0 Å². The Morgan fingerprint density at radius 1 is 1.30 bits per heavy atom. The normalized spacial score (nSPS) is 16.2. The lowest BCUT2D eigenvalue weighted by Gasteiger charge is -2.34. The lowest BCUT2D eigenvalue weighted by atomic mass is 10.2. The van der Waals surface area contributed by atoms with Crippen LogP contribution in [0, 0.1) is 0 Å². The summed E-state index contributed by atoms with van der Waals surface area (Å²) in [5, 5.41) is 3.08. The number of para-hydroxylation sites is 1. The van der Waals surface area contributed by atoms with Crippen molar-refractivity contribution in [2.75, 3.05) is 30.3 Å². The first-order chi connectivity index (χ1) is 12.8. The Kier molecular flexibility index (Phi) is 5.76. The maximum absolute atomic E-state index is 12.4. The number of amides is 1. The lowest BCUT2D eigenvalue weighted by molar-refractivity contribution is -0.127. The van der Waals surface area contributed by atoms with Gasteiger partial charge in [-0.15, -0.1) is 0 Å². The highest BCUT2D eigenvalue weighted by atomic mass is 35.5. The monoisotopic (exact) mass is 410 g/mol. The zero-order valence-corrected chi connectivity index (χ0v) is 16.2. The summed E-state index contributed by atoms with van der Waals surface area (Å²) >= 11 is 5.96. The predicted octanol–water partition coefficient (Wildman–Crippen LogP) is 2.06. The molecule has 2 aromatic carbocycles. The van der Waals surface area contributed by atoms with Crippen LogP contribution in [0.2, 0.25) is 5.02 Å². The summed E-state index contributed by atoms with van der Waals surface area (Å²) in [7, 11) is -3.59. The van der Waals surface area contributed by atoms with Crippen molar-refractivity contribution >= 4 is 33.2 Å². The average Bonchev–Trinajstić information content (AvgIpc) is 2.64. The van der Waals surface area contributed by atoms with Crippen LogP contribution in [-0.2, 0) is 14.8 Å². The number of rotatable bonds is 6. The summed E-state index contributed by atoms with van der Waals surface area (Å²) in [4.78, 5) is 12.4. The van der Waals surface area contributed by atoms with Gasteiger partial charge < -0.3 is 14.8 Å². The molecule has 1 atom stereocenters. The maximum Gasteiger partial charge on any atom is 0.263 e. The molecule has 0 bridgehead atoms. The highest BCUT2D eigenvalue weighted by Gasteiger charge is 2.35. The zero-order chi connectivity index (χ0) is 19.4. The van der Waals surface area contributed by atoms with Gasteiger partial charge in [-0.1, -0.05) is 29.8 Å². The van der Waals surface area contributed by atoms with Gasteiger partial charge in [0.15, 0.2) is 6.10 Å². The Morgan fingerprint density at radius 2 is 2.04 bits per heavy atom. The molecule has 1 N–H and O–H groups in total. The largest absolute Gasteiger partial charge is 0.492 e. The van der Waals surface area contributed by atoms with Crippen LogP contribution in [0.3, 0.4) is 0 Å². The second kappa shape index (κ2) is 8.06. The molecule has 27 heavy (non-hydrogen) atoms. The van der Waals surface area contributed by atoms with E-state index in [0.717, 1.165) is 10.6 Å². The number of benzene rings is 2. The smallest absolute Gasteiger partial charge is 0.263 e. The average molecular weight is 411 g/mol. The highest BCUT2D eigenvalue weighted by Crippen LogP contribution is 2.37. The van der Waals surface area contributed by atoms with E-state index in [-0.39, 0.29) is 25.4 Å². The number of hydrogen-bond donors (Lipinski definition) is 1. The van der Waals surface area contributed by atoms with Crippen LogP contribution in [0.15, 0.2) is 48.5 Å². The van der Waals surface area contributed by atoms with Gasteiger partial charge in [-0.3, -0.25) is 9.10 Å². The van der Waals surface area contributed by atoms with E-state index in [1.165, 1.54) is 6.07 Å². The molecule has 7 nitrogen and oxygen atoms in total. The summed E-state index contributed by atoms with van der Waals surface area (Å²) in [6.07, 6.45) is 0.108. The van der Waals surface area contributed by atoms with Crippen LogP contribution in [0.1, 0.15) is 0 Å². The van der Waals surface area contributed by atoms with Crippen LogP contribution < -0.4 is 19.1 Å². The van der Waals surface area contributed by atoms with Gasteiger partial charge in [0, 0.05) is 5.02 Å². The summed E-state index contributed by atoms with van der Waals surface area (Å²) in [5.74, 6) is 0.576. The SMILES string of the molecule is CS(=O)(=O)N1CC(C(=O)NCCOc2ccccc2)Oc2ccc(Cl)cc21. The molecule has 2 aromatic rings. The van der Waals surface area contributed by atoms with Crippen molar-refractivity contribution in [3.63, 3.8) is 0 Å². The molecule has 9 heteroatoms. The van der Waals surface area contributed by atoms with Gasteiger partial charge in [0.05, 0.1) is 25.0 Å². The van der Waals surface area contributed by atoms with Crippen LogP contribution in [0.4, 0.5) is 5.69 Å². The standard InChI is InChI=1S/C18H19ClN2O5S/c1-27(23,24)21-12-17(26-16-8-7-13(19)11-15(16)21)18(22)20-9-10-25-14-5-3-2-4-6-14/h2-8,11,17H,9-10,12H2,1H3,(H,20,22). The molecule has 1 unspecified atom stereocenters. The molecule has 1 aliphatic heterocycles. The van der Waals surface area contributed by atoms with Crippen LogP contribution in [-0.4, -0.2) is 46.4 Å². The Bertz CT molecular complexity index is 921. The highest BCUT2D eigenvalue weighted by molar-refractivity contribution is 7.92. The van der Waals surface area contributed by atoms with Gasteiger partial charge in [-0.05, 0) is 30.3 Å². The molecule has 0 fully saturated rings. The number of sulfonamides is 1. The predicted molar refractivity (Wildman–Crippen MR) is 103 cm³/mol. The van der Waals surface area contributed by atoms with Crippen LogP contribution in [0.25, 0.3) is 0 Å². The van der Waals surface area contributed by atoms with Gasteiger partial charge in [0.25, 0.3) is 5.91 Å². The van der Waals surface area contributed by atoms with E-state index < -0.39 is 22.0 Å². The Labute approximate surface area is 162 Å². The molecule has 1 amide bonds. The van der Waals surface area contributed by atoms with E-state index in [4.69, 9.17) is 21.1 Å². The van der Waals surface area contributed by atoms with Crippen molar-refractivity contribution in [1.82, 2.24) is 5.32 Å². The fraction of sp³-hybridized carbons (Fsp3) is 0.278. The van der Waals surface area contributed by atoms with Crippen molar-refractivity contribution in [3.05, 3.63) is 53.6 Å². The van der Waals surface area contributed by atoms with Crippen molar-refractivity contribution in [3.8, 4) is 11.5 Å². The minimum absolute atomic E-state index is 0.127. The van der Waals surface area contributed by atoms with Gasteiger partial charge in [0.1, 0.15) is 18.1 Å². The second-order valence-corrected chi connectivity index (χ2v) is 8.31. The van der Waals surface area contributed by atoms with Gasteiger partial charge in [-0.2, -0.15) is 0 Å². The molecular formula is C18H19ClN2O5S. The van der Waals surface area contributed by atoms with E-state index in [1.54, 1.807) is 12.1 Å². The van der Waals surface area contributed by atoms with E-state index in [1.807, 2.05) is 30.3 Å². The number of nitrogens with zero attached hydrogens (tertiary/aromatic N) is 1. The number of anilines is 1. The molecule has 0 radical (unpaired) electrons. The van der Waals surface area contributed by atoms with Crippen molar-refractivity contribution in [2.45, 2.75) is 6.10 Å². The lowest BCUT2D eigenvalue weighted by Crippen LogP contribution is -2.51. The molecule has 0 saturated heterocycles. The van der Waals surface area contributed by atoms with Gasteiger partial charge in [-0.25, -0.2) is 8.42 Å². The first-order valence-corrected chi connectivity index (χ1v) is 10.5. The molecule has 0 spiro atoms. The summed E-state index contributed by atoms with van der Waals surface area (Å²) in [5.41, 5.74) is 0.321. The fourth-order valence-electron chi connectivity index (χ4n) is 2.65. The van der Waals surface area contributed by atoms with E-state index in [2.05, 4.69) is 5.32 Å². The maximum atomic E-state index is 12.4. The second-order valence-electron chi connectivity index (χ2n) is 5.97. The number of carbonyl (C=O) groups is 1. The number of ether oxygens (including phenoxy) is 2. The fourth-order valence-corrected chi connectivity index (χ4v) is 3.72. The van der Waals surface area contributed by atoms with E-state index >= 15 is 0 Å². The summed E-state index contributed by atoms with van der Waals surface area (Å²) < 4.78 is 36.6. The van der Waals surface area contributed by atoms with E-state index in [9.17, 15) is 13.2 Å². The molecule has 0 saturated carbocycles. The van der Waals surface area contributed by atoms with E-state index in [0.29, 0.717) is 16.5 Å². The molecule has 1 aliphatic rings. The Balaban J connectivity index is 1.63. The molecular weight excluding hydrogens is 392 g/mol. The van der Waals surface area contributed by atoms with Gasteiger partial charge >= 0.3 is 0 Å². The third-order valence-electron chi connectivity index (χ3n) is 3.90. The van der Waals surface area contributed by atoms with Crippen molar-refractivity contribution < 1.29 is 22.7 Å². The zero-order valence-electron chi connectivity index (χ0n) is 14.6. The topological polar surface area (TPSA) is 84.9 Å². The Hall–Kier alpha value is -2.45.